The molecule has 0 spiro atoms. The molecule has 1 aromatic carbocycles. The van der Waals surface area contributed by atoms with Crippen molar-refractivity contribution in [3.8, 4) is 5.75 Å². The lowest BCUT2D eigenvalue weighted by atomic mass is 9.97. The third-order valence-electron chi connectivity index (χ3n) is 1.94. The minimum atomic E-state index is -3.93. The second-order valence-electron chi connectivity index (χ2n) is 3.13. The minimum absolute atomic E-state index is 0.0374. The van der Waals surface area contributed by atoms with E-state index in [9.17, 15) is 8.42 Å². The maximum atomic E-state index is 10.4. The molecule has 0 aliphatic heterocycles. The quantitative estimate of drug-likeness (QED) is 0.572. The largest absolute Gasteiger partial charge is 0.492 e. The van der Waals surface area contributed by atoms with Crippen LogP contribution in [0.15, 0.2) is 24.3 Å². The van der Waals surface area contributed by atoms with Gasteiger partial charge in [0, 0.05) is 0 Å². The van der Waals surface area contributed by atoms with Crippen LogP contribution in [0.2, 0.25) is 0 Å². The lowest BCUT2D eigenvalue weighted by molar-refractivity contribution is 0.336. The van der Waals surface area contributed by atoms with Gasteiger partial charge < -0.3 is 4.74 Å². The van der Waals surface area contributed by atoms with Crippen LogP contribution in [0.3, 0.4) is 0 Å². The van der Waals surface area contributed by atoms with Gasteiger partial charge in [-0.3, -0.25) is 4.55 Å². The monoisotopic (exact) mass is 228 g/mol. The molecule has 0 amide bonds. The first-order chi connectivity index (χ1) is 7.01. The Bertz CT molecular complexity index is 399. The van der Waals surface area contributed by atoms with E-state index in [-0.39, 0.29) is 12.4 Å². The van der Waals surface area contributed by atoms with Crippen molar-refractivity contribution in [2.75, 3.05) is 12.4 Å². The first-order valence-corrected chi connectivity index (χ1v) is 6.29. The van der Waals surface area contributed by atoms with Crippen molar-refractivity contribution in [1.82, 2.24) is 0 Å². The summed E-state index contributed by atoms with van der Waals surface area (Å²) in [5.41, 5.74) is 1.19. The molecule has 1 rings (SSSR count). The maximum absolute atomic E-state index is 10.4. The van der Waals surface area contributed by atoms with E-state index in [4.69, 9.17) is 9.29 Å². The Hall–Kier alpha value is -1.01. The SMILES string of the molecule is BCc1ccc(OCCS(=O)(=O)O)cc1. The number of hydrogen-bond donors (Lipinski definition) is 1. The van der Waals surface area contributed by atoms with Crippen LogP contribution in [-0.2, 0) is 16.4 Å². The molecule has 0 saturated heterocycles. The molecular weight excluding hydrogens is 215 g/mol. The molecule has 1 N–H and O–H groups in total. The zero-order valence-corrected chi connectivity index (χ0v) is 9.33. The van der Waals surface area contributed by atoms with Gasteiger partial charge in [-0.1, -0.05) is 24.0 Å². The normalized spacial score (nSPS) is 11.3. The Labute approximate surface area is 90.4 Å². The van der Waals surface area contributed by atoms with Gasteiger partial charge in [-0.2, -0.15) is 8.42 Å². The van der Waals surface area contributed by atoms with Gasteiger partial charge in [-0.05, 0) is 12.1 Å². The standard InChI is InChI=1S/C9H13BO4S/c10-7-8-1-3-9(4-2-8)14-5-6-15(11,12)13/h1-4H,5-7,10H2,(H,11,12,13). The Morgan fingerprint density at radius 3 is 2.33 bits per heavy atom. The molecule has 0 unspecified atom stereocenters. The summed E-state index contributed by atoms with van der Waals surface area (Å²) < 4.78 is 34.4. The predicted molar refractivity (Wildman–Crippen MR) is 60.6 cm³/mol. The van der Waals surface area contributed by atoms with E-state index in [0.717, 1.165) is 6.32 Å². The van der Waals surface area contributed by atoms with Gasteiger partial charge in [-0.15, -0.1) is 0 Å². The molecule has 82 valence electrons. The number of ether oxygens (including phenoxy) is 1. The van der Waals surface area contributed by atoms with Crippen molar-refractivity contribution in [3.63, 3.8) is 0 Å². The number of hydrogen-bond acceptors (Lipinski definition) is 3. The van der Waals surface area contributed by atoms with Gasteiger partial charge in [-0.25, -0.2) is 0 Å². The molecule has 0 aliphatic carbocycles. The van der Waals surface area contributed by atoms with Crippen molar-refractivity contribution in [3.05, 3.63) is 29.8 Å². The lowest BCUT2D eigenvalue weighted by Gasteiger charge is -2.05. The molecule has 1 aromatic rings. The fourth-order valence-corrected chi connectivity index (χ4v) is 1.38. The average Bonchev–Trinajstić information content (AvgIpc) is 2.17. The Morgan fingerprint density at radius 1 is 1.27 bits per heavy atom. The van der Waals surface area contributed by atoms with E-state index in [1.807, 2.05) is 20.0 Å². The van der Waals surface area contributed by atoms with Crippen molar-refractivity contribution in [1.29, 1.82) is 0 Å². The van der Waals surface area contributed by atoms with Crippen molar-refractivity contribution in [2.24, 2.45) is 0 Å². The van der Waals surface area contributed by atoms with E-state index in [2.05, 4.69) is 0 Å². The van der Waals surface area contributed by atoms with Gasteiger partial charge in [0.2, 0.25) is 0 Å². The third-order valence-corrected chi connectivity index (χ3v) is 2.62. The molecular formula is C9H13BO4S. The van der Waals surface area contributed by atoms with Gasteiger partial charge in [0.05, 0.1) is 0 Å². The van der Waals surface area contributed by atoms with Gasteiger partial charge in [0.25, 0.3) is 10.1 Å². The van der Waals surface area contributed by atoms with Gasteiger partial charge in [0.1, 0.15) is 26.0 Å². The second-order valence-corrected chi connectivity index (χ2v) is 4.70. The van der Waals surface area contributed by atoms with E-state index < -0.39 is 10.1 Å². The zero-order valence-electron chi connectivity index (χ0n) is 8.51. The number of rotatable bonds is 5. The van der Waals surface area contributed by atoms with Crippen LogP contribution < -0.4 is 4.74 Å². The molecule has 0 heterocycles. The maximum Gasteiger partial charge on any atom is 0.268 e. The van der Waals surface area contributed by atoms with Gasteiger partial charge >= 0.3 is 0 Å². The minimum Gasteiger partial charge on any atom is -0.492 e. The van der Waals surface area contributed by atoms with Crippen LogP contribution in [0, 0.1) is 0 Å². The summed E-state index contributed by atoms with van der Waals surface area (Å²) in [5.74, 6) is 0.221. The lowest BCUT2D eigenvalue weighted by Crippen LogP contribution is -2.12. The van der Waals surface area contributed by atoms with E-state index in [1.54, 1.807) is 12.1 Å². The molecule has 0 radical (unpaired) electrons. The summed E-state index contributed by atoms with van der Waals surface area (Å²) in [6, 6.07) is 7.40. The molecule has 4 nitrogen and oxygen atoms in total. The molecule has 0 fully saturated rings. The first kappa shape index (κ1) is 12.1. The van der Waals surface area contributed by atoms with Crippen molar-refractivity contribution in [2.45, 2.75) is 6.32 Å². The van der Waals surface area contributed by atoms with Crippen LogP contribution in [0.5, 0.6) is 5.75 Å². The van der Waals surface area contributed by atoms with Crippen LogP contribution in [0.4, 0.5) is 0 Å². The summed E-state index contributed by atoms with van der Waals surface area (Å²) in [6.07, 6.45) is 0.950. The van der Waals surface area contributed by atoms with E-state index >= 15 is 0 Å². The Morgan fingerprint density at radius 2 is 1.87 bits per heavy atom. The van der Waals surface area contributed by atoms with Crippen LogP contribution >= 0.6 is 0 Å². The smallest absolute Gasteiger partial charge is 0.268 e. The van der Waals surface area contributed by atoms with Crippen LogP contribution in [0.1, 0.15) is 5.56 Å². The Balaban J connectivity index is 2.45. The molecule has 0 saturated carbocycles. The fourth-order valence-electron chi connectivity index (χ4n) is 1.09. The molecule has 15 heavy (non-hydrogen) atoms. The highest BCUT2D eigenvalue weighted by molar-refractivity contribution is 7.85. The summed E-state index contributed by atoms with van der Waals surface area (Å²) >= 11 is 0. The molecule has 6 heteroatoms. The van der Waals surface area contributed by atoms with Gasteiger partial charge in [0.15, 0.2) is 0 Å². The van der Waals surface area contributed by atoms with E-state index in [0.29, 0.717) is 5.75 Å². The highest BCUT2D eigenvalue weighted by Gasteiger charge is 2.04. The number of benzene rings is 1. The molecule has 0 aliphatic rings. The topological polar surface area (TPSA) is 63.6 Å². The molecule has 0 aromatic heterocycles. The fraction of sp³-hybridized carbons (Fsp3) is 0.333. The molecule has 0 bridgehead atoms. The summed E-state index contributed by atoms with van der Waals surface area (Å²) in [7, 11) is -1.88. The van der Waals surface area contributed by atoms with Crippen molar-refractivity contribution < 1.29 is 17.7 Å². The highest BCUT2D eigenvalue weighted by atomic mass is 32.2. The van der Waals surface area contributed by atoms with Crippen LogP contribution in [-0.4, -0.2) is 33.2 Å². The first-order valence-electron chi connectivity index (χ1n) is 4.68. The second kappa shape index (κ2) is 5.18. The van der Waals surface area contributed by atoms with E-state index in [1.165, 1.54) is 5.56 Å². The molecule has 0 atom stereocenters. The summed E-state index contributed by atoms with van der Waals surface area (Å²) in [6.45, 7) is -0.0374. The predicted octanol–water partition coefficient (Wildman–Crippen LogP) is 0.0863. The van der Waals surface area contributed by atoms with Crippen molar-refractivity contribution >= 4 is 18.0 Å². The summed E-state index contributed by atoms with van der Waals surface area (Å²) in [5, 5.41) is 0. The average molecular weight is 228 g/mol. The third kappa shape index (κ3) is 4.85. The summed E-state index contributed by atoms with van der Waals surface area (Å²) in [4.78, 5) is 0. The Kier molecular flexibility index (Phi) is 4.17. The zero-order chi connectivity index (χ0) is 11.3. The highest BCUT2D eigenvalue weighted by Crippen LogP contribution is 2.11. The van der Waals surface area contributed by atoms with Crippen LogP contribution in [0.25, 0.3) is 0 Å².